The van der Waals surface area contributed by atoms with Crippen LogP contribution in [0.15, 0.2) is 42.6 Å². The van der Waals surface area contributed by atoms with Gasteiger partial charge in [-0.25, -0.2) is 4.98 Å². The highest BCUT2D eigenvalue weighted by atomic mass is 35.5. The van der Waals surface area contributed by atoms with E-state index in [-0.39, 0.29) is 12.7 Å². The lowest BCUT2D eigenvalue weighted by atomic mass is 9.67. The number of hydrogen-bond acceptors (Lipinski definition) is 11. The molecule has 1 saturated heterocycles. The number of ether oxygens (including phenoxy) is 2. The molecule has 14 heteroatoms. The molecular weight excluding hydrogens is 685 g/mol. The lowest BCUT2D eigenvalue weighted by molar-refractivity contribution is -0.0134. The molecule has 2 aromatic carbocycles. The van der Waals surface area contributed by atoms with E-state index in [2.05, 4.69) is 44.6 Å². The average Bonchev–Trinajstić information content (AvgIpc) is 3.06. The monoisotopic (exact) mass is 733 g/mol. The molecule has 2 heterocycles. The molecule has 1 saturated carbocycles. The fourth-order valence-electron chi connectivity index (χ4n) is 6.88. The molecular formula is C35H49ClN5O6PS. The predicted octanol–water partition coefficient (Wildman–Crippen LogP) is 7.35. The number of aryl methyl sites for hydroxylation is 1. The van der Waals surface area contributed by atoms with Gasteiger partial charge in [-0.1, -0.05) is 30.7 Å². The van der Waals surface area contributed by atoms with E-state index >= 15 is 0 Å². The smallest absolute Gasteiger partial charge is 0.264 e. The molecule has 2 aliphatic rings. The normalized spacial score (nSPS) is 16.9. The van der Waals surface area contributed by atoms with Crippen LogP contribution in [0.2, 0.25) is 5.02 Å². The molecule has 3 aromatic rings. The third-order valence-corrected chi connectivity index (χ3v) is 12.0. The Balaban J connectivity index is 1.22. The van der Waals surface area contributed by atoms with Gasteiger partial charge in [0.05, 0.1) is 43.6 Å². The van der Waals surface area contributed by atoms with E-state index in [0.717, 1.165) is 75.3 Å². The number of hydrogen-bond donors (Lipinski definition) is 2. The first kappa shape index (κ1) is 37.4. The minimum atomic E-state index is -3.40. The van der Waals surface area contributed by atoms with Crippen LogP contribution in [0.5, 0.6) is 5.75 Å². The number of rotatable bonds is 14. The van der Waals surface area contributed by atoms with Crippen molar-refractivity contribution < 1.29 is 26.6 Å². The third kappa shape index (κ3) is 9.88. The molecule has 0 radical (unpaired) electrons. The Kier molecular flexibility index (Phi) is 12.2. The van der Waals surface area contributed by atoms with Crippen LogP contribution in [0.3, 0.4) is 0 Å². The molecule has 268 valence electrons. The number of halogens is 1. The van der Waals surface area contributed by atoms with Crippen molar-refractivity contribution in [3.8, 4) is 5.75 Å². The van der Waals surface area contributed by atoms with E-state index < -0.39 is 17.3 Å². The fourth-order valence-corrected chi connectivity index (χ4v) is 8.60. The van der Waals surface area contributed by atoms with Gasteiger partial charge in [-0.2, -0.15) is 13.4 Å². The van der Waals surface area contributed by atoms with Gasteiger partial charge in [0.15, 0.2) is 5.82 Å². The Labute approximate surface area is 296 Å². The van der Waals surface area contributed by atoms with Crippen molar-refractivity contribution >= 4 is 63.0 Å². The molecule has 1 aliphatic heterocycles. The first-order valence-corrected chi connectivity index (χ1v) is 21.7. The molecule has 0 amide bonds. The summed E-state index contributed by atoms with van der Waals surface area (Å²) in [5.74, 6) is 1.46. The van der Waals surface area contributed by atoms with Crippen LogP contribution in [-0.2, 0) is 30.0 Å². The Bertz CT molecular complexity index is 1750. The summed E-state index contributed by atoms with van der Waals surface area (Å²) in [6.07, 6.45) is 10.9. The quantitative estimate of drug-likeness (QED) is 0.0980. The van der Waals surface area contributed by atoms with Gasteiger partial charge in [-0.3, -0.25) is 4.18 Å². The number of piperidine rings is 1. The van der Waals surface area contributed by atoms with Crippen molar-refractivity contribution in [1.82, 2.24) is 9.97 Å². The zero-order chi connectivity index (χ0) is 35.2. The van der Waals surface area contributed by atoms with Crippen molar-refractivity contribution in [3.63, 3.8) is 0 Å². The van der Waals surface area contributed by atoms with Gasteiger partial charge < -0.3 is 29.6 Å². The van der Waals surface area contributed by atoms with Crippen molar-refractivity contribution in [2.24, 2.45) is 5.41 Å². The summed E-state index contributed by atoms with van der Waals surface area (Å²) in [5, 5.41) is 7.67. The van der Waals surface area contributed by atoms with Crippen molar-refractivity contribution in [2.75, 3.05) is 68.5 Å². The summed E-state index contributed by atoms with van der Waals surface area (Å²) in [5.41, 5.74) is 4.19. The van der Waals surface area contributed by atoms with Gasteiger partial charge in [0, 0.05) is 36.8 Å². The maximum Gasteiger partial charge on any atom is 0.264 e. The summed E-state index contributed by atoms with van der Waals surface area (Å²) >= 11 is 6.49. The molecule has 0 atom stereocenters. The maximum atomic E-state index is 12.9. The van der Waals surface area contributed by atoms with Crippen LogP contribution in [-0.4, -0.2) is 77.5 Å². The van der Waals surface area contributed by atoms with Gasteiger partial charge in [-0.05, 0) is 93.9 Å². The van der Waals surface area contributed by atoms with Gasteiger partial charge in [-0.15, -0.1) is 0 Å². The first-order chi connectivity index (χ1) is 23.3. The van der Waals surface area contributed by atoms with Gasteiger partial charge >= 0.3 is 0 Å². The van der Waals surface area contributed by atoms with E-state index in [1.165, 1.54) is 11.3 Å². The Morgan fingerprint density at radius 2 is 1.76 bits per heavy atom. The number of nitrogens with one attached hydrogen (secondary N) is 2. The molecule has 1 aliphatic carbocycles. The van der Waals surface area contributed by atoms with E-state index in [4.69, 9.17) is 25.3 Å². The Hall–Kier alpha value is -2.89. The molecule has 1 aromatic heterocycles. The van der Waals surface area contributed by atoms with E-state index in [1.807, 2.05) is 24.3 Å². The van der Waals surface area contributed by atoms with Crippen LogP contribution in [0.4, 0.5) is 28.8 Å². The minimum Gasteiger partial charge on any atom is -0.494 e. The SMILES string of the molecule is CCc1cc(Nc2ncc(Cl)c(Nc3ccccc3P(C)(C)=O)n2)c(OC)cc1N1CCC2(CCC(OCCCOS(C)(=O)=O)CC2)CC1. The molecule has 5 rings (SSSR count). The first-order valence-electron chi connectivity index (χ1n) is 16.9. The third-order valence-electron chi connectivity index (χ3n) is 9.61. The van der Waals surface area contributed by atoms with Crippen LogP contribution in [0, 0.1) is 5.41 Å². The van der Waals surface area contributed by atoms with E-state index in [9.17, 15) is 13.0 Å². The topological polar surface area (TPSA) is 132 Å². The standard InChI is InChI=1S/C35H49ClN5O6PS/c1-6-25-22-29(39-34-37-24-27(36)33(40-34)38-28-10-7-8-11-32(28)48(3,4)42)31(45-2)23-30(25)41-18-16-35(17-19-41)14-12-26(13-15-35)46-20-9-21-47-49(5,43)44/h7-8,10-11,22-24,26H,6,9,12-21H2,1-5H3,(H2,37,38,39,40). The second-order valence-corrected chi connectivity index (χ2v) is 18.7. The molecule has 11 nitrogen and oxygen atoms in total. The van der Waals surface area contributed by atoms with Crippen molar-refractivity contribution in [1.29, 1.82) is 0 Å². The summed E-state index contributed by atoms with van der Waals surface area (Å²) in [6, 6.07) is 11.7. The van der Waals surface area contributed by atoms with Crippen LogP contribution in [0.25, 0.3) is 0 Å². The summed E-state index contributed by atoms with van der Waals surface area (Å²) in [7, 11) is -4.28. The number of anilines is 5. The average molecular weight is 734 g/mol. The number of methoxy groups -OCH3 is 1. The fraction of sp³-hybridized carbons (Fsp3) is 0.543. The summed E-state index contributed by atoms with van der Waals surface area (Å²) in [4.78, 5) is 11.6. The highest BCUT2D eigenvalue weighted by molar-refractivity contribution is 7.86. The summed E-state index contributed by atoms with van der Waals surface area (Å²) < 4.78 is 51.9. The molecule has 1 spiro atoms. The molecule has 49 heavy (non-hydrogen) atoms. The van der Waals surface area contributed by atoms with Crippen LogP contribution >= 0.6 is 18.7 Å². The molecule has 2 N–H and O–H groups in total. The highest BCUT2D eigenvalue weighted by Crippen LogP contribution is 2.47. The largest absolute Gasteiger partial charge is 0.494 e. The second kappa shape index (κ2) is 16.0. The maximum absolute atomic E-state index is 12.9. The van der Waals surface area contributed by atoms with Crippen molar-refractivity contribution in [3.05, 3.63) is 53.2 Å². The zero-order valence-electron chi connectivity index (χ0n) is 29.1. The van der Waals surface area contributed by atoms with Crippen molar-refractivity contribution in [2.45, 2.75) is 64.4 Å². The van der Waals surface area contributed by atoms with Crippen LogP contribution < -0.4 is 25.6 Å². The number of aromatic nitrogens is 2. The number of para-hydroxylation sites is 1. The molecule has 0 bridgehead atoms. The summed E-state index contributed by atoms with van der Waals surface area (Å²) in [6.45, 7) is 8.29. The van der Waals surface area contributed by atoms with E-state index in [1.54, 1.807) is 26.6 Å². The highest BCUT2D eigenvalue weighted by Gasteiger charge is 2.38. The van der Waals surface area contributed by atoms with Gasteiger partial charge in [0.25, 0.3) is 10.1 Å². The lowest BCUT2D eigenvalue weighted by Gasteiger charge is -2.47. The second-order valence-electron chi connectivity index (χ2n) is 13.5. The lowest BCUT2D eigenvalue weighted by Crippen LogP contribution is -2.43. The van der Waals surface area contributed by atoms with Gasteiger partial charge in [0.2, 0.25) is 5.95 Å². The Morgan fingerprint density at radius 1 is 1.04 bits per heavy atom. The minimum absolute atomic E-state index is 0.166. The zero-order valence-corrected chi connectivity index (χ0v) is 31.6. The number of nitrogens with zero attached hydrogens (tertiary/aromatic N) is 3. The molecule has 0 unspecified atom stereocenters. The Morgan fingerprint density at radius 3 is 2.41 bits per heavy atom. The molecule has 2 fully saturated rings. The van der Waals surface area contributed by atoms with E-state index in [0.29, 0.717) is 46.7 Å². The predicted molar refractivity (Wildman–Crippen MR) is 199 cm³/mol. The number of benzene rings is 2. The van der Waals surface area contributed by atoms with Gasteiger partial charge in [0.1, 0.15) is 17.9 Å². The van der Waals surface area contributed by atoms with Crippen LogP contribution in [0.1, 0.15) is 57.4 Å².